The minimum atomic E-state index is -6.00. The van der Waals surface area contributed by atoms with Crippen LogP contribution in [0.2, 0.25) is 0 Å². The lowest BCUT2D eigenvalue weighted by Crippen LogP contribution is -2.48. The second-order valence-electron chi connectivity index (χ2n) is 4.44. The molecule has 11 heteroatoms. The summed E-state index contributed by atoms with van der Waals surface area (Å²) in [5.74, 6) is -0.539. The number of carbonyl (C=O) groups is 2. The van der Waals surface area contributed by atoms with Crippen molar-refractivity contribution in [3.8, 4) is 0 Å². The number of carbonyl (C=O) groups excluding carboxylic acids is 2. The van der Waals surface area contributed by atoms with Crippen LogP contribution >= 0.6 is 0 Å². The summed E-state index contributed by atoms with van der Waals surface area (Å²) < 4.78 is 39.0. The number of amides is 2. The second-order valence-corrected chi connectivity index (χ2v) is 4.44. The van der Waals surface area contributed by atoms with Gasteiger partial charge in [0.05, 0.1) is 0 Å². The minimum Gasteiger partial charge on any atom is -0.418 e. The minimum absolute atomic E-state index is 0.242. The van der Waals surface area contributed by atoms with Crippen molar-refractivity contribution in [2.24, 2.45) is 0 Å². The van der Waals surface area contributed by atoms with Gasteiger partial charge in [0.1, 0.15) is 0 Å². The van der Waals surface area contributed by atoms with Gasteiger partial charge in [0.25, 0.3) is 11.8 Å². The van der Waals surface area contributed by atoms with Crippen molar-refractivity contribution in [2.45, 2.75) is 19.2 Å². The van der Waals surface area contributed by atoms with Gasteiger partial charge in [0.15, 0.2) is 6.35 Å². The first-order valence-electron chi connectivity index (χ1n) is 5.66. The van der Waals surface area contributed by atoms with E-state index in [1.165, 1.54) is 0 Å². The molecule has 0 atom stereocenters. The van der Waals surface area contributed by atoms with Crippen molar-refractivity contribution >= 4 is 19.1 Å². The molecule has 20 heavy (non-hydrogen) atoms. The fraction of sp³-hybridized carbons (Fsp3) is 0.778. The van der Waals surface area contributed by atoms with Crippen molar-refractivity contribution in [2.75, 3.05) is 28.2 Å². The Morgan fingerprint density at radius 3 is 1.55 bits per heavy atom. The maximum atomic E-state index is 11.3. The van der Waals surface area contributed by atoms with Crippen LogP contribution in [0.1, 0.15) is 12.8 Å². The van der Waals surface area contributed by atoms with Gasteiger partial charge in [-0.2, -0.15) is 5.06 Å². The predicted molar refractivity (Wildman–Crippen MR) is 63.5 cm³/mol. The first-order valence-corrected chi connectivity index (χ1v) is 5.66. The lowest BCUT2D eigenvalue weighted by atomic mass is 10.3. The third-order valence-corrected chi connectivity index (χ3v) is 2.09. The van der Waals surface area contributed by atoms with Crippen molar-refractivity contribution in [1.82, 2.24) is 14.9 Å². The largest absolute Gasteiger partial charge is 0.673 e. The zero-order valence-corrected chi connectivity index (χ0v) is 11.6. The van der Waals surface area contributed by atoms with E-state index in [9.17, 15) is 26.9 Å². The van der Waals surface area contributed by atoms with E-state index in [0.717, 1.165) is 5.06 Å². The van der Waals surface area contributed by atoms with Gasteiger partial charge in [0.2, 0.25) is 0 Å². The third kappa shape index (κ3) is 7.41. The van der Waals surface area contributed by atoms with E-state index in [4.69, 9.17) is 4.84 Å². The standard InChI is InChI=1S/C9H17N3O3.BF4/c1-10(2)9(11(3)4)15-12-7(13)5-6-8(12)14;2-1(3,4)5/h9H,5-6H2,1-4H3;/q;-1. The number of hydrogen-bond donors (Lipinski definition) is 0. The lowest BCUT2D eigenvalue weighted by molar-refractivity contribution is -0.250. The molecule has 118 valence electrons. The van der Waals surface area contributed by atoms with Gasteiger partial charge < -0.3 is 17.3 Å². The monoisotopic (exact) mass is 302 g/mol. The number of halogens is 4. The van der Waals surface area contributed by atoms with E-state index in [1.54, 1.807) is 9.80 Å². The fourth-order valence-electron chi connectivity index (χ4n) is 1.42. The molecule has 2 amide bonds. The summed E-state index contributed by atoms with van der Waals surface area (Å²) in [5.41, 5.74) is 0. The molecule has 6 nitrogen and oxygen atoms in total. The van der Waals surface area contributed by atoms with Gasteiger partial charge in [0, 0.05) is 12.8 Å². The Kier molecular flexibility index (Phi) is 7.10. The van der Waals surface area contributed by atoms with Gasteiger partial charge in [-0.1, -0.05) is 0 Å². The highest BCUT2D eigenvalue weighted by molar-refractivity contribution is 6.50. The number of imide groups is 1. The molecule has 0 N–H and O–H groups in total. The summed E-state index contributed by atoms with van der Waals surface area (Å²) in [6.07, 6.45) is 0.0646. The van der Waals surface area contributed by atoms with Crippen LogP contribution in [-0.2, 0) is 14.4 Å². The molecule has 0 spiro atoms. The van der Waals surface area contributed by atoms with E-state index in [2.05, 4.69) is 0 Å². The Hall–Kier alpha value is -1.20. The molecule has 1 fully saturated rings. The van der Waals surface area contributed by atoms with E-state index in [0.29, 0.717) is 0 Å². The van der Waals surface area contributed by atoms with Crippen LogP contribution in [0, 0.1) is 0 Å². The van der Waals surface area contributed by atoms with Crippen molar-refractivity contribution in [1.29, 1.82) is 0 Å². The highest BCUT2D eigenvalue weighted by atomic mass is 19.5. The van der Waals surface area contributed by atoms with Crippen LogP contribution < -0.4 is 0 Å². The molecule has 0 bridgehead atoms. The van der Waals surface area contributed by atoms with E-state index in [-0.39, 0.29) is 24.7 Å². The van der Waals surface area contributed by atoms with Crippen LogP contribution in [-0.4, -0.2) is 68.5 Å². The van der Waals surface area contributed by atoms with E-state index >= 15 is 0 Å². The molecule has 0 saturated carbocycles. The van der Waals surface area contributed by atoms with Crippen molar-refractivity contribution < 1.29 is 31.7 Å². The fourth-order valence-corrected chi connectivity index (χ4v) is 1.42. The van der Waals surface area contributed by atoms with Gasteiger partial charge >= 0.3 is 7.25 Å². The summed E-state index contributed by atoms with van der Waals surface area (Å²) in [5, 5.41) is 0.866. The molecule has 1 rings (SSSR count). The normalized spacial score (nSPS) is 16.2. The molecule has 0 aromatic heterocycles. The summed E-state index contributed by atoms with van der Waals surface area (Å²) in [6.45, 7) is 0. The van der Waals surface area contributed by atoms with Gasteiger partial charge in [-0.05, 0) is 28.2 Å². The molecule has 0 aromatic rings. The second kappa shape index (κ2) is 7.55. The zero-order valence-electron chi connectivity index (χ0n) is 11.6. The Balaban J connectivity index is 0.000000621. The van der Waals surface area contributed by atoms with Crippen LogP contribution in [0.4, 0.5) is 17.3 Å². The van der Waals surface area contributed by atoms with Crippen LogP contribution in [0.5, 0.6) is 0 Å². The topological polar surface area (TPSA) is 53.1 Å². The molecule has 1 aliphatic rings. The Bertz CT molecular complexity index is 322. The third-order valence-electron chi connectivity index (χ3n) is 2.09. The van der Waals surface area contributed by atoms with Gasteiger partial charge in [-0.15, -0.1) is 0 Å². The summed E-state index contributed by atoms with van der Waals surface area (Å²) in [7, 11) is 1.26. The van der Waals surface area contributed by atoms with Crippen molar-refractivity contribution in [3.05, 3.63) is 0 Å². The van der Waals surface area contributed by atoms with Crippen LogP contribution in [0.15, 0.2) is 0 Å². The van der Waals surface area contributed by atoms with Crippen molar-refractivity contribution in [3.63, 3.8) is 0 Å². The van der Waals surface area contributed by atoms with Crippen LogP contribution in [0.3, 0.4) is 0 Å². The molecular weight excluding hydrogens is 285 g/mol. The molecule has 1 heterocycles. The maximum absolute atomic E-state index is 11.3. The Labute approximate surface area is 114 Å². The number of nitrogens with zero attached hydrogens (tertiary/aromatic N) is 3. The average Bonchev–Trinajstić information content (AvgIpc) is 2.52. The zero-order chi connectivity index (χ0) is 16.1. The number of hydrogen-bond acceptors (Lipinski definition) is 5. The number of rotatable bonds is 4. The van der Waals surface area contributed by atoms with E-state index in [1.807, 2.05) is 28.2 Å². The highest BCUT2D eigenvalue weighted by Gasteiger charge is 2.33. The first kappa shape index (κ1) is 18.8. The summed E-state index contributed by atoms with van der Waals surface area (Å²) in [4.78, 5) is 31.5. The predicted octanol–water partition coefficient (Wildman–Crippen LogP) is 0.774. The SMILES string of the molecule is CN(C)C(ON1C(=O)CCC1=O)N(C)C.F[B-](F)(F)F. The summed E-state index contributed by atoms with van der Waals surface area (Å²) in [6, 6.07) is 0. The first-order chi connectivity index (χ1) is 8.93. The highest BCUT2D eigenvalue weighted by Crippen LogP contribution is 2.15. The van der Waals surface area contributed by atoms with Crippen LogP contribution in [0.25, 0.3) is 0 Å². The maximum Gasteiger partial charge on any atom is 0.673 e. The lowest BCUT2D eigenvalue weighted by Gasteiger charge is -2.31. The average molecular weight is 302 g/mol. The molecule has 0 aliphatic carbocycles. The molecule has 0 radical (unpaired) electrons. The Morgan fingerprint density at radius 1 is 1.00 bits per heavy atom. The molecule has 0 unspecified atom stereocenters. The quantitative estimate of drug-likeness (QED) is 0.332. The number of hydroxylamine groups is 2. The van der Waals surface area contributed by atoms with Gasteiger partial charge in [-0.25, -0.2) is 4.84 Å². The Morgan fingerprint density at radius 2 is 1.30 bits per heavy atom. The molecule has 1 aliphatic heterocycles. The molecule has 0 aromatic carbocycles. The van der Waals surface area contributed by atoms with E-state index < -0.39 is 13.6 Å². The van der Waals surface area contributed by atoms with Gasteiger partial charge in [-0.3, -0.25) is 19.4 Å². The molecular formula is C9H17BF4N3O3-. The molecule has 1 saturated heterocycles. The smallest absolute Gasteiger partial charge is 0.418 e. The summed E-state index contributed by atoms with van der Waals surface area (Å²) >= 11 is 0.